The van der Waals surface area contributed by atoms with E-state index in [1.165, 1.54) is 12.8 Å². The zero-order valence-electron chi connectivity index (χ0n) is 7.81. The Morgan fingerprint density at radius 1 is 1.62 bits per heavy atom. The Labute approximate surface area is 78.0 Å². The van der Waals surface area contributed by atoms with Gasteiger partial charge in [0.1, 0.15) is 6.10 Å². The molecular weight excluding hydrogens is 164 g/mol. The second-order valence-corrected chi connectivity index (χ2v) is 3.37. The fourth-order valence-corrected chi connectivity index (χ4v) is 1.51. The van der Waals surface area contributed by atoms with Gasteiger partial charge in [-0.2, -0.15) is 5.10 Å². The van der Waals surface area contributed by atoms with Crippen LogP contribution in [0.5, 0.6) is 5.75 Å². The SMILES string of the molecule is Cn1cc(OC2C=CCCC2)cn1. The van der Waals surface area contributed by atoms with Crippen LogP contribution < -0.4 is 4.74 Å². The summed E-state index contributed by atoms with van der Waals surface area (Å²) in [5.41, 5.74) is 0. The van der Waals surface area contributed by atoms with E-state index in [-0.39, 0.29) is 6.10 Å². The number of rotatable bonds is 2. The van der Waals surface area contributed by atoms with Crippen molar-refractivity contribution in [1.29, 1.82) is 0 Å². The maximum absolute atomic E-state index is 5.71. The highest BCUT2D eigenvalue weighted by Crippen LogP contribution is 2.17. The van der Waals surface area contributed by atoms with E-state index in [1.54, 1.807) is 10.9 Å². The van der Waals surface area contributed by atoms with Gasteiger partial charge in [-0.3, -0.25) is 4.68 Å². The van der Waals surface area contributed by atoms with Crippen LogP contribution in [-0.4, -0.2) is 15.9 Å². The normalized spacial score (nSPS) is 21.8. The van der Waals surface area contributed by atoms with Crippen LogP contribution in [0.25, 0.3) is 0 Å². The molecule has 1 aliphatic carbocycles. The molecule has 0 fully saturated rings. The van der Waals surface area contributed by atoms with Gasteiger partial charge >= 0.3 is 0 Å². The molecule has 0 bridgehead atoms. The molecule has 1 aliphatic rings. The third kappa shape index (κ3) is 2.11. The van der Waals surface area contributed by atoms with Crippen LogP contribution in [0.4, 0.5) is 0 Å². The van der Waals surface area contributed by atoms with Crippen molar-refractivity contribution >= 4 is 0 Å². The standard InChI is InChI=1S/C10H14N2O/c1-12-8-10(7-11-12)13-9-5-3-2-4-6-9/h3,5,7-9H,2,4,6H2,1H3. The molecule has 1 aromatic heterocycles. The molecule has 70 valence electrons. The van der Waals surface area contributed by atoms with Crippen molar-refractivity contribution in [3.05, 3.63) is 24.5 Å². The van der Waals surface area contributed by atoms with Crippen LogP contribution in [-0.2, 0) is 7.05 Å². The lowest BCUT2D eigenvalue weighted by atomic mass is 10.1. The summed E-state index contributed by atoms with van der Waals surface area (Å²) in [6, 6.07) is 0. The lowest BCUT2D eigenvalue weighted by Gasteiger charge is -2.16. The van der Waals surface area contributed by atoms with E-state index >= 15 is 0 Å². The first kappa shape index (κ1) is 8.35. The Kier molecular flexibility index (Phi) is 2.34. The van der Waals surface area contributed by atoms with Gasteiger partial charge in [0, 0.05) is 7.05 Å². The molecule has 3 nitrogen and oxygen atoms in total. The van der Waals surface area contributed by atoms with Gasteiger partial charge in [0.2, 0.25) is 0 Å². The third-order valence-corrected chi connectivity index (χ3v) is 2.18. The summed E-state index contributed by atoms with van der Waals surface area (Å²) in [6.07, 6.45) is 11.7. The van der Waals surface area contributed by atoms with Crippen LogP contribution in [0, 0.1) is 0 Å². The Bertz CT molecular complexity index is 304. The Hall–Kier alpha value is -1.25. The van der Waals surface area contributed by atoms with Crippen molar-refractivity contribution in [3.63, 3.8) is 0 Å². The molecule has 0 N–H and O–H groups in total. The van der Waals surface area contributed by atoms with Crippen molar-refractivity contribution in [2.75, 3.05) is 0 Å². The van der Waals surface area contributed by atoms with Gasteiger partial charge < -0.3 is 4.74 Å². The van der Waals surface area contributed by atoms with E-state index in [2.05, 4.69) is 17.3 Å². The molecule has 0 spiro atoms. The first-order valence-electron chi connectivity index (χ1n) is 4.66. The fourth-order valence-electron chi connectivity index (χ4n) is 1.51. The number of ether oxygens (including phenoxy) is 1. The minimum absolute atomic E-state index is 0.248. The van der Waals surface area contributed by atoms with E-state index in [0.29, 0.717) is 0 Å². The summed E-state index contributed by atoms with van der Waals surface area (Å²) in [5.74, 6) is 0.860. The van der Waals surface area contributed by atoms with E-state index in [4.69, 9.17) is 4.74 Å². The Morgan fingerprint density at radius 2 is 2.54 bits per heavy atom. The molecule has 3 heteroatoms. The first-order chi connectivity index (χ1) is 6.34. The van der Waals surface area contributed by atoms with Crippen LogP contribution in [0.15, 0.2) is 24.5 Å². The van der Waals surface area contributed by atoms with Gasteiger partial charge in [-0.05, 0) is 25.3 Å². The average Bonchev–Trinajstić information content (AvgIpc) is 2.53. The number of hydrogen-bond donors (Lipinski definition) is 0. The van der Waals surface area contributed by atoms with Gasteiger partial charge in [0.25, 0.3) is 0 Å². The monoisotopic (exact) mass is 178 g/mol. The molecular formula is C10H14N2O. The van der Waals surface area contributed by atoms with Gasteiger partial charge in [0.05, 0.1) is 12.4 Å². The van der Waals surface area contributed by atoms with Gasteiger partial charge in [-0.25, -0.2) is 0 Å². The molecule has 0 aliphatic heterocycles. The zero-order valence-corrected chi connectivity index (χ0v) is 7.81. The molecule has 0 saturated carbocycles. The van der Waals surface area contributed by atoms with Gasteiger partial charge in [0.15, 0.2) is 5.75 Å². The van der Waals surface area contributed by atoms with Crippen LogP contribution in [0.3, 0.4) is 0 Å². The van der Waals surface area contributed by atoms with E-state index < -0.39 is 0 Å². The molecule has 1 aromatic rings. The van der Waals surface area contributed by atoms with Crippen molar-refractivity contribution in [2.24, 2.45) is 7.05 Å². The van der Waals surface area contributed by atoms with Crippen LogP contribution in [0.2, 0.25) is 0 Å². The van der Waals surface area contributed by atoms with Crippen molar-refractivity contribution < 1.29 is 4.74 Å². The molecule has 1 heterocycles. The summed E-state index contributed by atoms with van der Waals surface area (Å²) in [5, 5.41) is 4.05. The zero-order chi connectivity index (χ0) is 9.10. The van der Waals surface area contributed by atoms with E-state index in [0.717, 1.165) is 12.2 Å². The third-order valence-electron chi connectivity index (χ3n) is 2.18. The van der Waals surface area contributed by atoms with Crippen molar-refractivity contribution in [2.45, 2.75) is 25.4 Å². The minimum atomic E-state index is 0.248. The average molecular weight is 178 g/mol. The quantitative estimate of drug-likeness (QED) is 0.647. The van der Waals surface area contributed by atoms with E-state index in [1.807, 2.05) is 13.2 Å². The molecule has 13 heavy (non-hydrogen) atoms. The molecule has 0 saturated heterocycles. The lowest BCUT2D eigenvalue weighted by molar-refractivity contribution is 0.230. The van der Waals surface area contributed by atoms with Crippen LogP contribution >= 0.6 is 0 Å². The molecule has 0 amide bonds. The van der Waals surface area contributed by atoms with Gasteiger partial charge in [-0.1, -0.05) is 6.08 Å². The molecule has 2 rings (SSSR count). The lowest BCUT2D eigenvalue weighted by Crippen LogP contribution is -2.15. The highest BCUT2D eigenvalue weighted by atomic mass is 16.5. The number of aryl methyl sites for hydroxylation is 1. The predicted molar refractivity (Wildman–Crippen MR) is 50.6 cm³/mol. The number of aromatic nitrogens is 2. The largest absolute Gasteiger partial charge is 0.483 e. The number of hydrogen-bond acceptors (Lipinski definition) is 2. The van der Waals surface area contributed by atoms with Gasteiger partial charge in [-0.15, -0.1) is 0 Å². The minimum Gasteiger partial charge on any atom is -0.483 e. The predicted octanol–water partition coefficient (Wildman–Crippen LogP) is 1.91. The van der Waals surface area contributed by atoms with Crippen molar-refractivity contribution in [3.8, 4) is 5.75 Å². The van der Waals surface area contributed by atoms with Crippen LogP contribution in [0.1, 0.15) is 19.3 Å². The molecule has 0 radical (unpaired) electrons. The second-order valence-electron chi connectivity index (χ2n) is 3.37. The highest BCUT2D eigenvalue weighted by molar-refractivity contribution is 5.13. The summed E-state index contributed by atoms with van der Waals surface area (Å²) in [4.78, 5) is 0. The maximum atomic E-state index is 5.71. The number of allylic oxidation sites excluding steroid dienone is 1. The maximum Gasteiger partial charge on any atom is 0.158 e. The summed E-state index contributed by atoms with van der Waals surface area (Å²) in [6.45, 7) is 0. The van der Waals surface area contributed by atoms with E-state index in [9.17, 15) is 0 Å². The Morgan fingerprint density at radius 3 is 3.15 bits per heavy atom. The fraction of sp³-hybridized carbons (Fsp3) is 0.500. The number of nitrogens with zero attached hydrogens (tertiary/aromatic N) is 2. The molecule has 1 atom stereocenters. The first-order valence-corrected chi connectivity index (χ1v) is 4.66. The summed E-state index contributed by atoms with van der Waals surface area (Å²) < 4.78 is 7.46. The summed E-state index contributed by atoms with van der Waals surface area (Å²) >= 11 is 0. The Balaban J connectivity index is 1.97. The highest BCUT2D eigenvalue weighted by Gasteiger charge is 2.10. The van der Waals surface area contributed by atoms with Crippen molar-refractivity contribution in [1.82, 2.24) is 9.78 Å². The smallest absolute Gasteiger partial charge is 0.158 e. The second kappa shape index (κ2) is 3.64. The molecule has 1 unspecified atom stereocenters. The summed E-state index contributed by atoms with van der Waals surface area (Å²) in [7, 11) is 1.89. The topological polar surface area (TPSA) is 27.1 Å². The molecule has 0 aromatic carbocycles.